The summed E-state index contributed by atoms with van der Waals surface area (Å²) in [5.74, 6) is 0.970. The summed E-state index contributed by atoms with van der Waals surface area (Å²) in [7, 11) is 2.01. The smallest absolute Gasteiger partial charge is 0.237 e. The molecule has 1 fully saturated rings. The standard InChI is InChI=1S/C14H29N3O/c1-4-5-8-16-14(18)12(2)17-9-6-13(7-10-17)11-15-3/h12-13,15H,4-11H2,1-3H3,(H,16,18). The highest BCUT2D eigenvalue weighted by atomic mass is 16.2. The molecular formula is C14H29N3O. The van der Waals surface area contributed by atoms with Crippen LogP contribution in [0, 0.1) is 5.92 Å². The molecule has 106 valence electrons. The highest BCUT2D eigenvalue weighted by molar-refractivity contribution is 5.81. The maximum Gasteiger partial charge on any atom is 0.237 e. The Bertz CT molecular complexity index is 237. The van der Waals surface area contributed by atoms with Gasteiger partial charge in [-0.25, -0.2) is 0 Å². The van der Waals surface area contributed by atoms with Crippen LogP contribution in [0.1, 0.15) is 39.5 Å². The van der Waals surface area contributed by atoms with Crippen LogP contribution in [0.15, 0.2) is 0 Å². The van der Waals surface area contributed by atoms with Gasteiger partial charge in [-0.15, -0.1) is 0 Å². The lowest BCUT2D eigenvalue weighted by molar-refractivity contribution is -0.126. The molecule has 1 rings (SSSR count). The summed E-state index contributed by atoms with van der Waals surface area (Å²) in [6.07, 6.45) is 4.60. The molecule has 2 N–H and O–H groups in total. The van der Waals surface area contributed by atoms with Gasteiger partial charge in [0.05, 0.1) is 6.04 Å². The summed E-state index contributed by atoms with van der Waals surface area (Å²) in [4.78, 5) is 14.3. The largest absolute Gasteiger partial charge is 0.355 e. The number of hydrogen-bond donors (Lipinski definition) is 2. The van der Waals surface area contributed by atoms with Crippen molar-refractivity contribution in [2.24, 2.45) is 5.92 Å². The van der Waals surface area contributed by atoms with Crippen molar-refractivity contribution >= 4 is 5.91 Å². The van der Waals surface area contributed by atoms with Crippen LogP contribution in [-0.4, -0.2) is 50.1 Å². The van der Waals surface area contributed by atoms with E-state index in [9.17, 15) is 4.79 Å². The number of nitrogens with zero attached hydrogens (tertiary/aromatic N) is 1. The predicted octanol–water partition coefficient (Wildman–Crippen LogP) is 1.22. The van der Waals surface area contributed by atoms with Crippen molar-refractivity contribution < 1.29 is 4.79 Å². The van der Waals surface area contributed by atoms with E-state index in [1.807, 2.05) is 14.0 Å². The Labute approximate surface area is 111 Å². The number of carbonyl (C=O) groups is 1. The molecule has 0 aromatic heterocycles. The van der Waals surface area contributed by atoms with Gasteiger partial charge >= 0.3 is 0 Å². The third-order valence-corrected chi connectivity index (χ3v) is 3.90. The zero-order chi connectivity index (χ0) is 13.4. The highest BCUT2D eigenvalue weighted by Crippen LogP contribution is 2.18. The molecule has 1 amide bonds. The molecule has 1 atom stereocenters. The lowest BCUT2D eigenvalue weighted by atomic mass is 9.96. The zero-order valence-electron chi connectivity index (χ0n) is 12.2. The monoisotopic (exact) mass is 255 g/mol. The first-order valence-electron chi connectivity index (χ1n) is 7.35. The highest BCUT2D eigenvalue weighted by Gasteiger charge is 2.25. The number of rotatable bonds is 7. The normalized spacial score (nSPS) is 19.7. The van der Waals surface area contributed by atoms with Gasteiger partial charge in [0.25, 0.3) is 0 Å². The average molecular weight is 255 g/mol. The van der Waals surface area contributed by atoms with Crippen LogP contribution in [0.3, 0.4) is 0 Å². The van der Waals surface area contributed by atoms with Gasteiger partial charge in [0.1, 0.15) is 0 Å². The van der Waals surface area contributed by atoms with Crippen LogP contribution in [0.5, 0.6) is 0 Å². The number of hydrogen-bond acceptors (Lipinski definition) is 3. The molecule has 0 spiro atoms. The minimum atomic E-state index is 0.0254. The van der Waals surface area contributed by atoms with Gasteiger partial charge in [-0.2, -0.15) is 0 Å². The van der Waals surface area contributed by atoms with Crippen molar-refractivity contribution in [1.82, 2.24) is 15.5 Å². The van der Waals surface area contributed by atoms with E-state index < -0.39 is 0 Å². The van der Waals surface area contributed by atoms with Gasteiger partial charge in [0.15, 0.2) is 0 Å². The first kappa shape index (κ1) is 15.4. The fourth-order valence-corrected chi connectivity index (χ4v) is 2.53. The van der Waals surface area contributed by atoms with Crippen LogP contribution < -0.4 is 10.6 Å². The van der Waals surface area contributed by atoms with E-state index in [1.165, 1.54) is 12.8 Å². The van der Waals surface area contributed by atoms with E-state index in [-0.39, 0.29) is 11.9 Å². The molecule has 0 aromatic rings. The van der Waals surface area contributed by atoms with E-state index in [4.69, 9.17) is 0 Å². The molecule has 0 aliphatic carbocycles. The lowest BCUT2D eigenvalue weighted by Crippen LogP contribution is -2.49. The molecule has 0 radical (unpaired) electrons. The fourth-order valence-electron chi connectivity index (χ4n) is 2.53. The number of likely N-dealkylation sites (tertiary alicyclic amines) is 1. The van der Waals surface area contributed by atoms with Crippen molar-refractivity contribution in [3.05, 3.63) is 0 Å². The Kier molecular flexibility index (Phi) is 7.28. The quantitative estimate of drug-likeness (QED) is 0.672. The lowest BCUT2D eigenvalue weighted by Gasteiger charge is -2.35. The van der Waals surface area contributed by atoms with Crippen molar-refractivity contribution in [3.63, 3.8) is 0 Å². The summed E-state index contributed by atoms with van der Waals surface area (Å²) in [5, 5.41) is 6.26. The third-order valence-electron chi connectivity index (χ3n) is 3.90. The Morgan fingerprint density at radius 2 is 2.06 bits per heavy atom. The Morgan fingerprint density at radius 3 is 2.61 bits per heavy atom. The van der Waals surface area contributed by atoms with Gasteiger partial charge in [0.2, 0.25) is 5.91 Å². The van der Waals surface area contributed by atoms with Gasteiger partial charge in [0, 0.05) is 6.54 Å². The first-order chi connectivity index (χ1) is 8.69. The van der Waals surface area contributed by atoms with Crippen LogP contribution in [-0.2, 0) is 4.79 Å². The van der Waals surface area contributed by atoms with Gasteiger partial charge in [-0.1, -0.05) is 13.3 Å². The second-order valence-corrected chi connectivity index (χ2v) is 5.36. The van der Waals surface area contributed by atoms with E-state index in [0.29, 0.717) is 0 Å². The molecule has 1 saturated heterocycles. The maximum absolute atomic E-state index is 12.0. The molecule has 0 saturated carbocycles. The van der Waals surface area contributed by atoms with E-state index in [1.54, 1.807) is 0 Å². The van der Waals surface area contributed by atoms with E-state index in [0.717, 1.165) is 44.9 Å². The molecule has 1 heterocycles. The molecule has 4 nitrogen and oxygen atoms in total. The first-order valence-corrected chi connectivity index (χ1v) is 7.35. The number of unbranched alkanes of at least 4 members (excludes halogenated alkanes) is 1. The maximum atomic E-state index is 12.0. The van der Waals surface area contributed by atoms with Gasteiger partial charge < -0.3 is 10.6 Å². The summed E-state index contributed by atoms with van der Waals surface area (Å²) in [6, 6.07) is 0.0254. The van der Waals surface area contributed by atoms with Crippen molar-refractivity contribution in [2.45, 2.75) is 45.6 Å². The molecule has 1 aliphatic rings. The molecule has 0 aromatic carbocycles. The van der Waals surface area contributed by atoms with Crippen LogP contribution in [0.2, 0.25) is 0 Å². The third kappa shape index (κ3) is 4.94. The minimum Gasteiger partial charge on any atom is -0.355 e. The van der Waals surface area contributed by atoms with Crippen LogP contribution in [0.4, 0.5) is 0 Å². The van der Waals surface area contributed by atoms with Crippen molar-refractivity contribution in [1.29, 1.82) is 0 Å². The summed E-state index contributed by atoms with van der Waals surface area (Å²) < 4.78 is 0. The molecule has 0 bridgehead atoms. The van der Waals surface area contributed by atoms with Crippen molar-refractivity contribution in [2.75, 3.05) is 33.2 Å². The van der Waals surface area contributed by atoms with Gasteiger partial charge in [-0.3, -0.25) is 9.69 Å². The predicted molar refractivity (Wildman–Crippen MR) is 75.6 cm³/mol. The van der Waals surface area contributed by atoms with Crippen LogP contribution in [0.25, 0.3) is 0 Å². The molecule has 4 heteroatoms. The summed E-state index contributed by atoms with van der Waals surface area (Å²) in [6.45, 7) is 8.19. The van der Waals surface area contributed by atoms with Gasteiger partial charge in [-0.05, 0) is 58.8 Å². The zero-order valence-corrected chi connectivity index (χ0v) is 12.2. The van der Waals surface area contributed by atoms with E-state index in [2.05, 4.69) is 22.5 Å². The molecular weight excluding hydrogens is 226 g/mol. The molecule has 1 aliphatic heterocycles. The second kappa shape index (κ2) is 8.48. The van der Waals surface area contributed by atoms with Crippen molar-refractivity contribution in [3.8, 4) is 0 Å². The number of piperidine rings is 1. The second-order valence-electron chi connectivity index (χ2n) is 5.36. The summed E-state index contributed by atoms with van der Waals surface area (Å²) >= 11 is 0. The Balaban J connectivity index is 2.26. The number of nitrogens with one attached hydrogen (secondary N) is 2. The number of amides is 1. The average Bonchev–Trinajstić information content (AvgIpc) is 2.39. The Morgan fingerprint density at radius 1 is 1.39 bits per heavy atom. The van der Waals surface area contributed by atoms with Crippen LogP contribution >= 0.6 is 0 Å². The molecule has 18 heavy (non-hydrogen) atoms. The summed E-state index contributed by atoms with van der Waals surface area (Å²) in [5.41, 5.74) is 0. The SMILES string of the molecule is CCCCNC(=O)C(C)N1CCC(CNC)CC1. The Hall–Kier alpha value is -0.610. The topological polar surface area (TPSA) is 44.4 Å². The number of carbonyl (C=O) groups excluding carboxylic acids is 1. The molecule has 1 unspecified atom stereocenters. The minimum absolute atomic E-state index is 0.0254. The van der Waals surface area contributed by atoms with E-state index >= 15 is 0 Å². The fraction of sp³-hybridized carbons (Fsp3) is 0.929.